The normalized spacial score (nSPS) is 24.6. The van der Waals surface area contributed by atoms with Gasteiger partial charge in [0.25, 0.3) is 0 Å². The number of carbonyl (C=O) groups excluding carboxylic acids is 2. The number of nitrogens with one attached hydrogen (secondary N) is 1. The van der Waals surface area contributed by atoms with Gasteiger partial charge in [0.1, 0.15) is 0 Å². The highest BCUT2D eigenvalue weighted by Crippen LogP contribution is 2.28. The molecule has 2 saturated heterocycles. The Kier molecular flexibility index (Phi) is 7.11. The molecule has 1 aliphatic carbocycles. The van der Waals surface area contributed by atoms with Gasteiger partial charge < -0.3 is 15.0 Å². The molecule has 1 saturated carbocycles. The molecule has 0 aromatic rings. The first-order valence-electron chi connectivity index (χ1n) is 10.1. The second-order valence-electron chi connectivity index (χ2n) is 7.79. The zero-order chi connectivity index (χ0) is 17.5. The lowest BCUT2D eigenvalue weighted by Crippen LogP contribution is -2.41. The van der Waals surface area contributed by atoms with E-state index in [0.717, 1.165) is 65.0 Å². The van der Waals surface area contributed by atoms with E-state index >= 15 is 0 Å². The van der Waals surface area contributed by atoms with Crippen molar-refractivity contribution < 1.29 is 14.3 Å². The van der Waals surface area contributed by atoms with Crippen LogP contribution in [0.5, 0.6) is 0 Å². The third kappa shape index (κ3) is 6.26. The summed E-state index contributed by atoms with van der Waals surface area (Å²) in [6.45, 7) is 5.51. The fourth-order valence-electron chi connectivity index (χ4n) is 3.85. The summed E-state index contributed by atoms with van der Waals surface area (Å²) in [6.07, 6.45) is 8.38. The zero-order valence-electron chi connectivity index (χ0n) is 15.4. The molecule has 1 atom stereocenters. The third-order valence-electron chi connectivity index (χ3n) is 5.53. The van der Waals surface area contributed by atoms with Crippen molar-refractivity contribution in [1.29, 1.82) is 0 Å². The van der Waals surface area contributed by atoms with Gasteiger partial charge in [0.15, 0.2) is 0 Å². The molecule has 0 aromatic heterocycles. The first-order chi connectivity index (χ1) is 12.2. The summed E-state index contributed by atoms with van der Waals surface area (Å²) in [4.78, 5) is 28.5. The van der Waals surface area contributed by atoms with Crippen molar-refractivity contribution in [3.8, 4) is 0 Å². The first kappa shape index (κ1) is 18.6. The van der Waals surface area contributed by atoms with E-state index in [0.29, 0.717) is 31.5 Å². The van der Waals surface area contributed by atoms with E-state index in [9.17, 15) is 9.59 Å². The molecule has 142 valence electrons. The maximum Gasteiger partial charge on any atom is 0.234 e. The van der Waals surface area contributed by atoms with Gasteiger partial charge in [-0.25, -0.2) is 0 Å². The molecule has 2 heterocycles. The Labute approximate surface area is 151 Å². The number of carbonyl (C=O) groups is 2. The molecule has 0 radical (unpaired) electrons. The van der Waals surface area contributed by atoms with Gasteiger partial charge in [-0.1, -0.05) is 6.42 Å². The van der Waals surface area contributed by atoms with Crippen molar-refractivity contribution in [3.05, 3.63) is 0 Å². The number of ether oxygens (including phenoxy) is 1. The van der Waals surface area contributed by atoms with Crippen LogP contribution in [-0.2, 0) is 14.3 Å². The van der Waals surface area contributed by atoms with E-state index in [1.807, 2.05) is 4.90 Å². The van der Waals surface area contributed by atoms with E-state index in [1.165, 1.54) is 12.8 Å². The van der Waals surface area contributed by atoms with Gasteiger partial charge in [0.2, 0.25) is 11.8 Å². The van der Waals surface area contributed by atoms with Gasteiger partial charge in [0, 0.05) is 45.2 Å². The van der Waals surface area contributed by atoms with E-state index in [2.05, 4.69) is 10.2 Å². The van der Waals surface area contributed by atoms with Crippen LogP contribution in [0.3, 0.4) is 0 Å². The minimum atomic E-state index is 0.119. The largest absolute Gasteiger partial charge is 0.381 e. The topological polar surface area (TPSA) is 61.9 Å². The average molecular weight is 351 g/mol. The van der Waals surface area contributed by atoms with Gasteiger partial charge in [-0.3, -0.25) is 14.5 Å². The quantitative estimate of drug-likeness (QED) is 0.638. The minimum absolute atomic E-state index is 0.119. The van der Waals surface area contributed by atoms with Gasteiger partial charge >= 0.3 is 0 Å². The van der Waals surface area contributed by atoms with Gasteiger partial charge in [-0.2, -0.15) is 0 Å². The fourth-order valence-corrected chi connectivity index (χ4v) is 3.85. The van der Waals surface area contributed by atoms with E-state index in [1.54, 1.807) is 0 Å². The lowest BCUT2D eigenvalue weighted by atomic mass is 10.1. The van der Waals surface area contributed by atoms with E-state index in [4.69, 9.17) is 4.74 Å². The van der Waals surface area contributed by atoms with Gasteiger partial charge in [0.05, 0.1) is 13.2 Å². The highest BCUT2D eigenvalue weighted by Gasteiger charge is 2.32. The Bertz CT molecular complexity index is 447. The van der Waals surface area contributed by atoms with Crippen LogP contribution in [-0.4, -0.2) is 73.6 Å². The SMILES string of the molecule is O=C(CN(CC1CCOC1)C1CC1)NCCCN1CCCCCC1=O. The smallest absolute Gasteiger partial charge is 0.234 e. The maximum absolute atomic E-state index is 12.3. The van der Waals surface area contributed by atoms with E-state index < -0.39 is 0 Å². The molecule has 6 nitrogen and oxygen atoms in total. The molecule has 2 aliphatic heterocycles. The molecule has 1 unspecified atom stereocenters. The Morgan fingerprint density at radius 1 is 1.24 bits per heavy atom. The fraction of sp³-hybridized carbons (Fsp3) is 0.895. The number of rotatable bonds is 9. The minimum Gasteiger partial charge on any atom is -0.381 e. The molecule has 6 heteroatoms. The lowest BCUT2D eigenvalue weighted by Gasteiger charge is -2.24. The predicted octanol–water partition coefficient (Wildman–Crippen LogP) is 1.40. The Hall–Kier alpha value is -1.14. The molecule has 3 fully saturated rings. The van der Waals surface area contributed by atoms with Crippen LogP contribution in [0.25, 0.3) is 0 Å². The molecule has 1 N–H and O–H groups in total. The highest BCUT2D eigenvalue weighted by atomic mass is 16.5. The van der Waals surface area contributed by atoms with Crippen molar-refractivity contribution >= 4 is 11.8 Å². The molecule has 3 aliphatic rings. The standard InChI is InChI=1S/C19H33N3O3/c23-18(14-22(17-6-7-17)13-16-8-12-25-15-16)20-9-4-11-21-10-3-1-2-5-19(21)24/h16-17H,1-15H2,(H,20,23). The molecule has 0 spiro atoms. The van der Waals surface area contributed by atoms with Crippen molar-refractivity contribution in [2.24, 2.45) is 5.92 Å². The number of hydrogen-bond donors (Lipinski definition) is 1. The molecule has 0 bridgehead atoms. The monoisotopic (exact) mass is 351 g/mol. The van der Waals surface area contributed by atoms with Crippen LogP contribution >= 0.6 is 0 Å². The first-order valence-corrected chi connectivity index (χ1v) is 10.1. The van der Waals surface area contributed by atoms with Crippen molar-refractivity contribution in [2.75, 3.05) is 45.9 Å². The van der Waals surface area contributed by atoms with Crippen LogP contribution in [0.4, 0.5) is 0 Å². The lowest BCUT2D eigenvalue weighted by molar-refractivity contribution is -0.130. The molecule has 25 heavy (non-hydrogen) atoms. The summed E-state index contributed by atoms with van der Waals surface area (Å²) in [5, 5.41) is 3.04. The molecular formula is C19H33N3O3. The number of hydrogen-bond acceptors (Lipinski definition) is 4. The van der Waals surface area contributed by atoms with Crippen molar-refractivity contribution in [3.63, 3.8) is 0 Å². The van der Waals surface area contributed by atoms with Crippen LogP contribution in [0.1, 0.15) is 51.4 Å². The van der Waals surface area contributed by atoms with Crippen LogP contribution in [0.15, 0.2) is 0 Å². The van der Waals surface area contributed by atoms with Gasteiger partial charge in [-0.15, -0.1) is 0 Å². The molecule has 0 aromatic carbocycles. The summed E-state index contributed by atoms with van der Waals surface area (Å²) in [5.74, 6) is 0.984. The number of nitrogens with zero attached hydrogens (tertiary/aromatic N) is 2. The molecule has 2 amide bonds. The van der Waals surface area contributed by atoms with Gasteiger partial charge in [-0.05, 0) is 44.4 Å². The van der Waals surface area contributed by atoms with Crippen LogP contribution in [0.2, 0.25) is 0 Å². The Morgan fingerprint density at radius 2 is 2.12 bits per heavy atom. The third-order valence-corrected chi connectivity index (χ3v) is 5.53. The average Bonchev–Trinajstić information content (AvgIpc) is 3.36. The Balaban J connectivity index is 1.31. The van der Waals surface area contributed by atoms with E-state index in [-0.39, 0.29) is 11.8 Å². The second-order valence-corrected chi connectivity index (χ2v) is 7.79. The summed E-state index contributed by atoms with van der Waals surface area (Å²) in [7, 11) is 0. The van der Waals surface area contributed by atoms with Crippen molar-refractivity contribution in [1.82, 2.24) is 15.1 Å². The number of amides is 2. The summed E-state index contributed by atoms with van der Waals surface area (Å²) < 4.78 is 5.46. The molecule has 3 rings (SSSR count). The zero-order valence-corrected chi connectivity index (χ0v) is 15.4. The van der Waals surface area contributed by atoms with Crippen LogP contribution < -0.4 is 5.32 Å². The maximum atomic E-state index is 12.3. The second kappa shape index (κ2) is 9.53. The van der Waals surface area contributed by atoms with Crippen molar-refractivity contribution in [2.45, 2.75) is 57.4 Å². The Morgan fingerprint density at radius 3 is 2.88 bits per heavy atom. The molecular weight excluding hydrogens is 318 g/mol. The summed E-state index contributed by atoms with van der Waals surface area (Å²) in [6, 6.07) is 0.598. The van der Waals surface area contributed by atoms with Crippen LogP contribution in [0, 0.1) is 5.92 Å². The number of likely N-dealkylation sites (tertiary alicyclic amines) is 1. The summed E-state index contributed by atoms with van der Waals surface area (Å²) >= 11 is 0. The predicted molar refractivity (Wildman–Crippen MR) is 96.2 cm³/mol. The highest BCUT2D eigenvalue weighted by molar-refractivity contribution is 5.78. The summed E-state index contributed by atoms with van der Waals surface area (Å²) in [5.41, 5.74) is 0.